The lowest BCUT2D eigenvalue weighted by molar-refractivity contribution is -0.140. The van der Waals surface area contributed by atoms with Crippen LogP contribution in [-0.4, -0.2) is 84.9 Å². The van der Waals surface area contributed by atoms with Crippen LogP contribution in [0.5, 0.6) is 0 Å². The molecule has 3 rings (SSSR count). The van der Waals surface area contributed by atoms with Crippen molar-refractivity contribution in [1.29, 1.82) is 0 Å². The molecular weight excluding hydrogens is 340 g/mol. The van der Waals surface area contributed by atoms with Crippen LogP contribution in [0.25, 0.3) is 0 Å². The summed E-state index contributed by atoms with van der Waals surface area (Å²) in [5.41, 5.74) is 0. The molecule has 0 radical (unpaired) electrons. The molecule has 3 aliphatic rings. The van der Waals surface area contributed by atoms with Gasteiger partial charge in [-0.1, -0.05) is 13.8 Å². The van der Waals surface area contributed by atoms with Crippen molar-refractivity contribution in [1.82, 2.24) is 20.0 Å². The molecule has 0 aromatic carbocycles. The highest BCUT2D eigenvalue weighted by molar-refractivity contribution is 5.88. The molecule has 0 aromatic rings. The fourth-order valence-corrected chi connectivity index (χ4v) is 4.81. The average Bonchev–Trinajstić information content (AvgIpc) is 3.16. The highest BCUT2D eigenvalue weighted by Crippen LogP contribution is 2.23. The van der Waals surface area contributed by atoms with Crippen LogP contribution >= 0.6 is 0 Å². The first-order valence-electron chi connectivity index (χ1n) is 11.0. The Bertz CT molecular complexity index is 496. The van der Waals surface area contributed by atoms with Gasteiger partial charge in [-0.25, -0.2) is 0 Å². The Labute approximate surface area is 164 Å². The highest BCUT2D eigenvalue weighted by atomic mass is 16.2. The number of carbonyl (C=O) groups is 2. The number of nitrogens with one attached hydrogen (secondary N) is 1. The Morgan fingerprint density at radius 1 is 1.11 bits per heavy atom. The first kappa shape index (κ1) is 20.6. The van der Waals surface area contributed by atoms with E-state index in [1.807, 2.05) is 4.90 Å². The van der Waals surface area contributed by atoms with Crippen LogP contribution in [0.1, 0.15) is 52.4 Å². The molecule has 6 heteroatoms. The summed E-state index contributed by atoms with van der Waals surface area (Å²) < 4.78 is 0. The van der Waals surface area contributed by atoms with E-state index < -0.39 is 0 Å². The summed E-state index contributed by atoms with van der Waals surface area (Å²) in [4.78, 5) is 32.0. The van der Waals surface area contributed by atoms with Crippen LogP contribution in [-0.2, 0) is 9.59 Å². The zero-order valence-electron chi connectivity index (χ0n) is 17.3. The Kier molecular flexibility index (Phi) is 7.53. The van der Waals surface area contributed by atoms with Crippen LogP contribution in [0.3, 0.4) is 0 Å². The van der Waals surface area contributed by atoms with Gasteiger partial charge in [-0.05, 0) is 63.6 Å². The van der Waals surface area contributed by atoms with E-state index in [4.69, 9.17) is 0 Å². The summed E-state index contributed by atoms with van der Waals surface area (Å²) in [7, 11) is 0. The van der Waals surface area contributed by atoms with Crippen molar-refractivity contribution in [3.63, 3.8) is 0 Å². The monoisotopic (exact) mass is 378 g/mol. The number of nitrogens with zero attached hydrogens (tertiary/aromatic N) is 3. The maximum absolute atomic E-state index is 12.8. The van der Waals surface area contributed by atoms with Gasteiger partial charge in [-0.2, -0.15) is 0 Å². The summed E-state index contributed by atoms with van der Waals surface area (Å²) in [5.74, 6) is 1.43. The van der Waals surface area contributed by atoms with Crippen LogP contribution < -0.4 is 5.32 Å². The zero-order chi connectivity index (χ0) is 19.2. The number of carbonyl (C=O) groups excluding carboxylic acids is 2. The quantitative estimate of drug-likeness (QED) is 0.730. The molecule has 3 fully saturated rings. The fourth-order valence-electron chi connectivity index (χ4n) is 4.81. The number of piperidine rings is 1. The van der Waals surface area contributed by atoms with E-state index in [0.29, 0.717) is 18.9 Å². The number of piperazine rings is 1. The van der Waals surface area contributed by atoms with E-state index in [1.54, 1.807) is 0 Å². The van der Waals surface area contributed by atoms with Crippen molar-refractivity contribution in [2.75, 3.05) is 52.4 Å². The van der Waals surface area contributed by atoms with Gasteiger partial charge in [0.25, 0.3) is 0 Å². The molecule has 3 heterocycles. The van der Waals surface area contributed by atoms with Gasteiger partial charge in [0, 0.05) is 32.7 Å². The van der Waals surface area contributed by atoms with Crippen molar-refractivity contribution < 1.29 is 9.59 Å². The van der Waals surface area contributed by atoms with E-state index in [1.165, 1.54) is 38.9 Å². The van der Waals surface area contributed by atoms with Gasteiger partial charge in [-0.15, -0.1) is 0 Å². The fraction of sp³-hybridized carbons (Fsp3) is 0.905. The molecule has 27 heavy (non-hydrogen) atoms. The molecule has 6 nitrogen and oxygen atoms in total. The van der Waals surface area contributed by atoms with Crippen LogP contribution in [0, 0.1) is 11.8 Å². The van der Waals surface area contributed by atoms with E-state index >= 15 is 0 Å². The minimum Gasteiger partial charge on any atom is -0.353 e. The molecule has 0 aliphatic carbocycles. The zero-order valence-corrected chi connectivity index (χ0v) is 17.3. The van der Waals surface area contributed by atoms with Crippen LogP contribution in [0.2, 0.25) is 0 Å². The van der Waals surface area contributed by atoms with E-state index in [0.717, 1.165) is 44.9 Å². The van der Waals surface area contributed by atoms with Gasteiger partial charge in [0.15, 0.2) is 0 Å². The molecule has 2 amide bonds. The molecular formula is C21H38N4O2. The summed E-state index contributed by atoms with van der Waals surface area (Å²) in [5, 5.41) is 2.94. The van der Waals surface area contributed by atoms with Gasteiger partial charge >= 0.3 is 0 Å². The van der Waals surface area contributed by atoms with E-state index in [-0.39, 0.29) is 17.9 Å². The summed E-state index contributed by atoms with van der Waals surface area (Å²) in [6.07, 6.45) is 6.55. The van der Waals surface area contributed by atoms with Gasteiger partial charge in [-0.3, -0.25) is 14.5 Å². The Balaban J connectivity index is 1.43. The molecule has 3 saturated heterocycles. The molecule has 1 N–H and O–H groups in total. The predicted octanol–water partition coefficient (Wildman–Crippen LogP) is 1.56. The van der Waals surface area contributed by atoms with Crippen molar-refractivity contribution in [2.24, 2.45) is 11.8 Å². The van der Waals surface area contributed by atoms with Crippen LogP contribution in [0.15, 0.2) is 0 Å². The Morgan fingerprint density at radius 3 is 2.48 bits per heavy atom. The number of rotatable bonds is 7. The molecule has 1 atom stereocenters. The molecule has 154 valence electrons. The largest absolute Gasteiger partial charge is 0.353 e. The Morgan fingerprint density at radius 2 is 1.81 bits per heavy atom. The second kappa shape index (κ2) is 9.87. The van der Waals surface area contributed by atoms with E-state index in [9.17, 15) is 9.59 Å². The molecule has 0 spiro atoms. The molecule has 0 bridgehead atoms. The normalized spacial score (nSPS) is 26.0. The second-order valence-corrected chi connectivity index (χ2v) is 9.06. The Hall–Kier alpha value is -1.14. The maximum Gasteiger partial charge on any atom is 0.237 e. The summed E-state index contributed by atoms with van der Waals surface area (Å²) in [6, 6.07) is -0.290. The number of amides is 2. The van der Waals surface area contributed by atoms with Gasteiger partial charge in [0.1, 0.15) is 0 Å². The summed E-state index contributed by atoms with van der Waals surface area (Å²) in [6.45, 7) is 12.2. The maximum atomic E-state index is 12.8. The lowest BCUT2D eigenvalue weighted by atomic mass is 9.93. The second-order valence-electron chi connectivity index (χ2n) is 9.06. The molecule has 0 aromatic heterocycles. The van der Waals surface area contributed by atoms with Crippen molar-refractivity contribution in [3.05, 3.63) is 0 Å². The standard InChI is InChI=1S/C21H38N4O2/c1-17(2)16-25-14-8-22-21(27)19(25)15-20(26)24-12-6-18(7-13-24)5-11-23-9-3-4-10-23/h17-19H,3-16H2,1-2H3,(H,22,27). The first-order chi connectivity index (χ1) is 13.0. The number of likely N-dealkylation sites (tertiary alicyclic amines) is 2. The lowest BCUT2D eigenvalue weighted by Crippen LogP contribution is -2.57. The van der Waals surface area contributed by atoms with Gasteiger partial charge in [0.2, 0.25) is 11.8 Å². The van der Waals surface area contributed by atoms with E-state index in [2.05, 4.69) is 29.0 Å². The molecule has 3 aliphatic heterocycles. The SMILES string of the molecule is CC(C)CN1CCNC(=O)C1CC(=O)N1CCC(CCN2CCCC2)CC1. The molecule has 0 saturated carbocycles. The smallest absolute Gasteiger partial charge is 0.237 e. The summed E-state index contributed by atoms with van der Waals surface area (Å²) >= 11 is 0. The van der Waals surface area contributed by atoms with Crippen LogP contribution in [0.4, 0.5) is 0 Å². The third-order valence-corrected chi connectivity index (χ3v) is 6.43. The third-order valence-electron chi connectivity index (χ3n) is 6.43. The highest BCUT2D eigenvalue weighted by Gasteiger charge is 2.34. The van der Waals surface area contributed by atoms with Crippen molar-refractivity contribution in [2.45, 2.75) is 58.4 Å². The number of hydrogen-bond donors (Lipinski definition) is 1. The predicted molar refractivity (Wildman–Crippen MR) is 107 cm³/mol. The molecule has 1 unspecified atom stereocenters. The minimum atomic E-state index is -0.290. The topological polar surface area (TPSA) is 55.9 Å². The van der Waals surface area contributed by atoms with Gasteiger partial charge < -0.3 is 15.1 Å². The lowest BCUT2D eigenvalue weighted by Gasteiger charge is -2.38. The van der Waals surface area contributed by atoms with Crippen molar-refractivity contribution in [3.8, 4) is 0 Å². The third kappa shape index (κ3) is 5.92. The first-order valence-corrected chi connectivity index (χ1v) is 11.0. The van der Waals surface area contributed by atoms with Crippen molar-refractivity contribution >= 4 is 11.8 Å². The minimum absolute atomic E-state index is 0.0238. The number of hydrogen-bond acceptors (Lipinski definition) is 4. The van der Waals surface area contributed by atoms with Gasteiger partial charge in [0.05, 0.1) is 12.5 Å². The average molecular weight is 379 g/mol.